The molecule has 1 aliphatic carbocycles. The predicted octanol–water partition coefficient (Wildman–Crippen LogP) is 1.66. The largest absolute Gasteiger partial charge is 0.497 e. The highest BCUT2D eigenvalue weighted by Crippen LogP contribution is 2.30. The first-order valence-corrected chi connectivity index (χ1v) is 4.23. The first kappa shape index (κ1) is 6.89. The van der Waals surface area contributed by atoms with Gasteiger partial charge in [0.25, 0.3) is 0 Å². The summed E-state index contributed by atoms with van der Waals surface area (Å²) in [6.07, 6.45) is 5.92. The van der Waals surface area contributed by atoms with Crippen molar-refractivity contribution < 1.29 is 9.53 Å². The molecule has 0 bridgehead atoms. The third-order valence-corrected chi connectivity index (χ3v) is 2.39. The van der Waals surface area contributed by atoms with Crippen LogP contribution < -0.4 is 0 Å². The second-order valence-corrected chi connectivity index (χ2v) is 3.15. The van der Waals surface area contributed by atoms with Gasteiger partial charge in [-0.25, -0.2) is 0 Å². The predicted molar refractivity (Wildman–Crippen MR) is 41.0 cm³/mol. The average Bonchev–Trinajstić information content (AvgIpc) is 2.06. The molecule has 1 aliphatic heterocycles. The van der Waals surface area contributed by atoms with E-state index in [1.54, 1.807) is 0 Å². The molecule has 2 heteroatoms. The number of ketones is 1. The molecule has 1 atom stereocenters. The fourth-order valence-corrected chi connectivity index (χ4v) is 1.77. The van der Waals surface area contributed by atoms with Crippen LogP contribution in [-0.4, -0.2) is 12.4 Å². The van der Waals surface area contributed by atoms with Gasteiger partial charge in [-0.05, 0) is 25.3 Å². The second-order valence-electron chi connectivity index (χ2n) is 3.15. The number of allylic oxidation sites excluding steroid dienone is 2. The Labute approximate surface area is 66.2 Å². The summed E-state index contributed by atoms with van der Waals surface area (Å²) in [7, 11) is 0. The number of Topliss-reactive ketones (excluding diaryl/α,β-unsaturated/α-hetero) is 1. The summed E-state index contributed by atoms with van der Waals surface area (Å²) < 4.78 is 5.39. The molecule has 2 aliphatic rings. The van der Waals surface area contributed by atoms with Gasteiger partial charge in [-0.1, -0.05) is 0 Å². The molecule has 0 amide bonds. The van der Waals surface area contributed by atoms with Crippen LogP contribution in [0.4, 0.5) is 0 Å². The Kier molecular flexibility index (Phi) is 1.68. The third kappa shape index (κ3) is 1.17. The maximum absolute atomic E-state index is 11.3. The molecule has 1 fully saturated rings. The van der Waals surface area contributed by atoms with Crippen LogP contribution >= 0.6 is 0 Å². The lowest BCUT2D eigenvalue weighted by molar-refractivity contribution is -0.127. The molecule has 0 N–H and O–H groups in total. The maximum atomic E-state index is 11.3. The van der Waals surface area contributed by atoms with Crippen molar-refractivity contribution in [1.29, 1.82) is 0 Å². The molecule has 11 heavy (non-hydrogen) atoms. The van der Waals surface area contributed by atoms with Crippen molar-refractivity contribution in [1.82, 2.24) is 0 Å². The summed E-state index contributed by atoms with van der Waals surface area (Å²) >= 11 is 0. The van der Waals surface area contributed by atoms with Crippen LogP contribution in [0.2, 0.25) is 0 Å². The molecular weight excluding hydrogens is 140 g/mol. The lowest BCUT2D eigenvalue weighted by Crippen LogP contribution is -2.27. The Morgan fingerprint density at radius 3 is 3.27 bits per heavy atom. The molecule has 0 spiro atoms. The van der Waals surface area contributed by atoms with Crippen molar-refractivity contribution in [3.8, 4) is 0 Å². The number of fused-ring (bicyclic) bond motifs is 1. The molecule has 0 aromatic rings. The molecule has 0 aromatic heterocycles. The van der Waals surface area contributed by atoms with Crippen LogP contribution in [0.5, 0.6) is 0 Å². The molecule has 0 aromatic carbocycles. The van der Waals surface area contributed by atoms with Crippen LogP contribution in [0.1, 0.15) is 25.7 Å². The Bertz CT molecular complexity index is 206. The highest BCUT2D eigenvalue weighted by atomic mass is 16.5. The summed E-state index contributed by atoms with van der Waals surface area (Å²) in [6, 6.07) is 0. The van der Waals surface area contributed by atoms with Crippen molar-refractivity contribution in [2.24, 2.45) is 5.92 Å². The number of ether oxygens (including phenoxy) is 1. The van der Waals surface area contributed by atoms with Crippen molar-refractivity contribution in [3.63, 3.8) is 0 Å². The smallest absolute Gasteiger partial charge is 0.146 e. The van der Waals surface area contributed by atoms with Gasteiger partial charge in [0.1, 0.15) is 11.5 Å². The van der Waals surface area contributed by atoms with E-state index >= 15 is 0 Å². The van der Waals surface area contributed by atoms with Gasteiger partial charge in [0.2, 0.25) is 0 Å². The zero-order valence-corrected chi connectivity index (χ0v) is 6.51. The molecule has 0 saturated carbocycles. The highest BCUT2D eigenvalue weighted by Gasteiger charge is 2.29. The van der Waals surface area contributed by atoms with Crippen molar-refractivity contribution >= 4 is 5.78 Å². The molecule has 2 nitrogen and oxygen atoms in total. The second kappa shape index (κ2) is 2.68. The Hall–Kier alpha value is -0.790. The Balaban J connectivity index is 2.20. The minimum Gasteiger partial charge on any atom is -0.497 e. The molecular formula is C9H12O2. The number of carbonyl (C=O) groups excluding carboxylic acids is 1. The monoisotopic (exact) mass is 152 g/mol. The summed E-state index contributed by atoms with van der Waals surface area (Å²) in [5.41, 5.74) is 0. The summed E-state index contributed by atoms with van der Waals surface area (Å²) in [5.74, 6) is 1.45. The van der Waals surface area contributed by atoms with Crippen molar-refractivity contribution in [3.05, 3.63) is 11.8 Å². The fourth-order valence-electron chi connectivity index (χ4n) is 1.77. The number of carbonyl (C=O) groups is 1. The van der Waals surface area contributed by atoms with Crippen LogP contribution in [0, 0.1) is 5.92 Å². The van der Waals surface area contributed by atoms with E-state index in [2.05, 4.69) is 6.08 Å². The van der Waals surface area contributed by atoms with Gasteiger partial charge >= 0.3 is 0 Å². The first-order chi connectivity index (χ1) is 5.38. The number of rotatable bonds is 0. The van der Waals surface area contributed by atoms with Crippen LogP contribution in [0.15, 0.2) is 11.8 Å². The minimum absolute atomic E-state index is 0.123. The molecule has 2 rings (SSSR count). The molecule has 0 radical (unpaired) electrons. The van der Waals surface area contributed by atoms with E-state index < -0.39 is 0 Å². The zero-order chi connectivity index (χ0) is 7.68. The minimum atomic E-state index is 0.123. The Morgan fingerprint density at radius 1 is 1.55 bits per heavy atom. The number of hydrogen-bond donors (Lipinski definition) is 0. The molecule has 1 saturated heterocycles. The lowest BCUT2D eigenvalue weighted by atomic mass is 9.87. The molecule has 1 unspecified atom stereocenters. The summed E-state index contributed by atoms with van der Waals surface area (Å²) in [5, 5.41) is 0. The van der Waals surface area contributed by atoms with Gasteiger partial charge in [0, 0.05) is 6.42 Å². The first-order valence-electron chi connectivity index (χ1n) is 4.23. The van der Waals surface area contributed by atoms with Gasteiger partial charge < -0.3 is 4.74 Å². The SMILES string of the molecule is O=C1CCOC2=CCCCC12. The van der Waals surface area contributed by atoms with E-state index in [0.717, 1.165) is 25.0 Å². The topological polar surface area (TPSA) is 26.3 Å². The van der Waals surface area contributed by atoms with E-state index in [-0.39, 0.29) is 5.92 Å². The van der Waals surface area contributed by atoms with Crippen LogP contribution in [0.25, 0.3) is 0 Å². The third-order valence-electron chi connectivity index (χ3n) is 2.39. The summed E-state index contributed by atoms with van der Waals surface area (Å²) in [6.45, 7) is 0.598. The van der Waals surface area contributed by atoms with E-state index in [1.165, 1.54) is 0 Å². The van der Waals surface area contributed by atoms with Gasteiger partial charge in [-0.15, -0.1) is 0 Å². The number of hydrogen-bond acceptors (Lipinski definition) is 2. The standard InChI is InChI=1S/C9H12O2/c10-8-5-6-11-9-4-2-1-3-7(8)9/h4,7H,1-3,5-6H2. The summed E-state index contributed by atoms with van der Waals surface area (Å²) in [4.78, 5) is 11.3. The Morgan fingerprint density at radius 2 is 2.45 bits per heavy atom. The van der Waals surface area contributed by atoms with Gasteiger partial charge in [0.05, 0.1) is 12.5 Å². The van der Waals surface area contributed by atoms with E-state index in [0.29, 0.717) is 18.8 Å². The van der Waals surface area contributed by atoms with Crippen LogP contribution in [-0.2, 0) is 9.53 Å². The molecule has 1 heterocycles. The average molecular weight is 152 g/mol. The van der Waals surface area contributed by atoms with Crippen molar-refractivity contribution in [2.45, 2.75) is 25.7 Å². The molecule has 60 valence electrons. The van der Waals surface area contributed by atoms with E-state index in [1.807, 2.05) is 0 Å². The lowest BCUT2D eigenvalue weighted by Gasteiger charge is -2.27. The zero-order valence-electron chi connectivity index (χ0n) is 6.51. The fraction of sp³-hybridized carbons (Fsp3) is 0.667. The maximum Gasteiger partial charge on any atom is 0.146 e. The van der Waals surface area contributed by atoms with Gasteiger partial charge in [-0.2, -0.15) is 0 Å². The van der Waals surface area contributed by atoms with E-state index in [9.17, 15) is 4.79 Å². The quantitative estimate of drug-likeness (QED) is 0.527. The highest BCUT2D eigenvalue weighted by molar-refractivity contribution is 5.84. The van der Waals surface area contributed by atoms with Crippen molar-refractivity contribution in [2.75, 3.05) is 6.61 Å². The van der Waals surface area contributed by atoms with Gasteiger partial charge in [0.15, 0.2) is 0 Å². The van der Waals surface area contributed by atoms with E-state index in [4.69, 9.17) is 4.74 Å². The normalized spacial score (nSPS) is 30.4. The van der Waals surface area contributed by atoms with Crippen LogP contribution in [0.3, 0.4) is 0 Å². The van der Waals surface area contributed by atoms with Gasteiger partial charge in [-0.3, -0.25) is 4.79 Å².